The summed E-state index contributed by atoms with van der Waals surface area (Å²) in [6, 6.07) is 1.84. The van der Waals surface area contributed by atoms with Gasteiger partial charge in [-0.15, -0.1) is 0 Å². The first kappa shape index (κ1) is 22.7. The fourth-order valence-corrected chi connectivity index (χ4v) is 2.25. The average molecular weight is 406 g/mol. The molecular weight excluding hydrogens is 394 g/mol. The van der Waals surface area contributed by atoms with Crippen LogP contribution in [0.4, 0.5) is 26.3 Å². The molecule has 0 heterocycles. The second-order valence-electron chi connectivity index (χ2n) is 5.21. The molecule has 10 heteroatoms. The molecular formula is C18H12F6O4. The molecule has 0 saturated heterocycles. The highest BCUT2D eigenvalue weighted by Crippen LogP contribution is 2.36. The zero-order valence-electron chi connectivity index (χ0n) is 13.9. The molecule has 0 radical (unpaired) electrons. The van der Waals surface area contributed by atoms with Crippen molar-refractivity contribution in [2.24, 2.45) is 0 Å². The van der Waals surface area contributed by atoms with Gasteiger partial charge in [0.2, 0.25) is 0 Å². The fourth-order valence-electron chi connectivity index (χ4n) is 2.25. The first-order valence-corrected chi connectivity index (χ1v) is 7.35. The Bertz CT molecular complexity index is 856. The predicted molar refractivity (Wildman–Crippen MR) is 84.6 cm³/mol. The maximum atomic E-state index is 13.9. The van der Waals surface area contributed by atoms with Crippen LogP contribution in [-0.4, -0.2) is 22.2 Å². The van der Waals surface area contributed by atoms with Crippen LogP contribution in [0.1, 0.15) is 23.5 Å². The molecule has 28 heavy (non-hydrogen) atoms. The van der Waals surface area contributed by atoms with Crippen molar-refractivity contribution in [2.75, 3.05) is 0 Å². The number of hydrogen-bond donors (Lipinski definition) is 2. The van der Waals surface area contributed by atoms with Crippen LogP contribution in [0.15, 0.2) is 36.9 Å². The fraction of sp³-hybridized carbons (Fsp3) is 0.111. The van der Waals surface area contributed by atoms with Gasteiger partial charge in [-0.3, -0.25) is 4.79 Å². The molecule has 0 unspecified atom stereocenters. The zero-order valence-corrected chi connectivity index (χ0v) is 13.9. The second-order valence-corrected chi connectivity index (χ2v) is 5.21. The SMILES string of the molecule is C=CC(=O)O.O=C(O)CC(c1c(F)ccc(F)c1F)c1c(F)ccc(F)c1F. The van der Waals surface area contributed by atoms with E-state index in [0.717, 1.165) is 6.08 Å². The number of rotatable bonds is 5. The molecule has 0 spiro atoms. The Labute approximate surface area is 154 Å². The number of hydrogen-bond acceptors (Lipinski definition) is 2. The van der Waals surface area contributed by atoms with E-state index in [2.05, 4.69) is 6.58 Å². The molecule has 2 aromatic carbocycles. The van der Waals surface area contributed by atoms with E-state index in [1.165, 1.54) is 0 Å². The van der Waals surface area contributed by atoms with Gasteiger partial charge >= 0.3 is 11.9 Å². The van der Waals surface area contributed by atoms with E-state index in [9.17, 15) is 35.9 Å². The van der Waals surface area contributed by atoms with Gasteiger partial charge in [0.05, 0.1) is 6.42 Å². The third kappa shape index (κ3) is 5.35. The van der Waals surface area contributed by atoms with Gasteiger partial charge in [0.1, 0.15) is 11.6 Å². The quantitative estimate of drug-likeness (QED) is 0.439. The molecule has 0 aliphatic carbocycles. The molecule has 0 bridgehead atoms. The van der Waals surface area contributed by atoms with E-state index in [1.54, 1.807) is 0 Å². The lowest BCUT2D eigenvalue weighted by Crippen LogP contribution is -2.16. The first-order valence-electron chi connectivity index (χ1n) is 7.35. The van der Waals surface area contributed by atoms with Crippen LogP contribution in [0.5, 0.6) is 0 Å². The van der Waals surface area contributed by atoms with Gasteiger partial charge < -0.3 is 10.2 Å². The summed E-state index contributed by atoms with van der Waals surface area (Å²) < 4.78 is 82.0. The Morgan fingerprint density at radius 2 is 1.14 bits per heavy atom. The average Bonchev–Trinajstić information content (AvgIpc) is 2.62. The Morgan fingerprint density at radius 3 is 1.43 bits per heavy atom. The molecule has 0 saturated carbocycles. The molecule has 2 aromatic rings. The maximum Gasteiger partial charge on any atom is 0.327 e. The Hall–Kier alpha value is -3.30. The van der Waals surface area contributed by atoms with Crippen molar-refractivity contribution in [2.45, 2.75) is 12.3 Å². The summed E-state index contributed by atoms with van der Waals surface area (Å²) >= 11 is 0. The van der Waals surface area contributed by atoms with E-state index in [0.29, 0.717) is 24.3 Å². The lowest BCUT2D eigenvalue weighted by Gasteiger charge is -2.19. The highest BCUT2D eigenvalue weighted by molar-refractivity contribution is 5.78. The van der Waals surface area contributed by atoms with Crippen molar-refractivity contribution in [1.82, 2.24) is 0 Å². The molecule has 150 valence electrons. The maximum absolute atomic E-state index is 13.9. The largest absolute Gasteiger partial charge is 0.481 e. The van der Waals surface area contributed by atoms with Crippen LogP contribution in [-0.2, 0) is 9.59 Å². The molecule has 0 aliphatic heterocycles. The summed E-state index contributed by atoms with van der Waals surface area (Å²) in [6.45, 7) is 2.96. The second kappa shape index (κ2) is 9.58. The third-order valence-electron chi connectivity index (χ3n) is 3.41. The minimum atomic E-state index is -2.08. The summed E-state index contributed by atoms with van der Waals surface area (Å²) in [6.07, 6.45) is -0.339. The number of benzene rings is 2. The summed E-state index contributed by atoms with van der Waals surface area (Å²) in [4.78, 5) is 20.1. The minimum absolute atomic E-state index is 0.435. The number of carboxylic acid groups (broad SMARTS) is 2. The van der Waals surface area contributed by atoms with E-state index in [-0.39, 0.29) is 0 Å². The van der Waals surface area contributed by atoms with Crippen LogP contribution in [0.3, 0.4) is 0 Å². The van der Waals surface area contributed by atoms with Gasteiger partial charge in [-0.05, 0) is 24.3 Å². The zero-order chi connectivity index (χ0) is 21.6. The summed E-state index contributed by atoms with van der Waals surface area (Å²) in [5.74, 6) is -14.2. The van der Waals surface area contributed by atoms with Crippen molar-refractivity contribution < 1.29 is 46.1 Å². The third-order valence-corrected chi connectivity index (χ3v) is 3.41. The minimum Gasteiger partial charge on any atom is -0.481 e. The van der Waals surface area contributed by atoms with Gasteiger partial charge in [0.25, 0.3) is 0 Å². The van der Waals surface area contributed by atoms with Crippen molar-refractivity contribution >= 4 is 11.9 Å². The van der Waals surface area contributed by atoms with E-state index >= 15 is 0 Å². The van der Waals surface area contributed by atoms with E-state index < -0.39 is 70.3 Å². The monoisotopic (exact) mass is 406 g/mol. The van der Waals surface area contributed by atoms with Crippen LogP contribution >= 0.6 is 0 Å². The van der Waals surface area contributed by atoms with Gasteiger partial charge in [-0.25, -0.2) is 31.1 Å². The molecule has 0 fully saturated rings. The number of aliphatic carboxylic acids is 2. The van der Waals surface area contributed by atoms with Crippen molar-refractivity contribution in [3.05, 3.63) is 83.0 Å². The van der Waals surface area contributed by atoms with Gasteiger partial charge in [-0.1, -0.05) is 6.58 Å². The highest BCUT2D eigenvalue weighted by Gasteiger charge is 2.32. The van der Waals surface area contributed by atoms with E-state index in [1.807, 2.05) is 0 Å². The lowest BCUT2D eigenvalue weighted by molar-refractivity contribution is -0.137. The molecule has 4 nitrogen and oxygen atoms in total. The smallest absolute Gasteiger partial charge is 0.327 e. The predicted octanol–water partition coefficient (Wildman–Crippen LogP) is 4.38. The first-order chi connectivity index (χ1) is 13.0. The normalized spacial score (nSPS) is 10.2. The van der Waals surface area contributed by atoms with E-state index in [4.69, 9.17) is 10.2 Å². The lowest BCUT2D eigenvalue weighted by atomic mass is 9.86. The molecule has 2 rings (SSSR count). The molecule has 0 aliphatic rings. The Kier molecular flexibility index (Phi) is 7.78. The van der Waals surface area contributed by atoms with Crippen LogP contribution in [0.25, 0.3) is 0 Å². The van der Waals surface area contributed by atoms with Gasteiger partial charge in [-0.2, -0.15) is 0 Å². The van der Waals surface area contributed by atoms with Crippen molar-refractivity contribution in [1.29, 1.82) is 0 Å². The molecule has 2 N–H and O–H groups in total. The van der Waals surface area contributed by atoms with Crippen LogP contribution in [0.2, 0.25) is 0 Å². The number of halogens is 6. The van der Waals surface area contributed by atoms with Gasteiger partial charge in [0.15, 0.2) is 23.3 Å². The van der Waals surface area contributed by atoms with Crippen molar-refractivity contribution in [3.63, 3.8) is 0 Å². The van der Waals surface area contributed by atoms with Gasteiger partial charge in [0, 0.05) is 23.1 Å². The van der Waals surface area contributed by atoms with Crippen LogP contribution < -0.4 is 0 Å². The topological polar surface area (TPSA) is 74.6 Å². The highest BCUT2D eigenvalue weighted by atomic mass is 19.2. The Morgan fingerprint density at radius 1 is 0.821 bits per heavy atom. The molecule has 0 atom stereocenters. The van der Waals surface area contributed by atoms with Crippen molar-refractivity contribution in [3.8, 4) is 0 Å². The van der Waals surface area contributed by atoms with Crippen LogP contribution in [0, 0.1) is 34.9 Å². The molecule has 0 amide bonds. The number of carbonyl (C=O) groups is 2. The summed E-state index contributed by atoms with van der Waals surface area (Å²) in [5, 5.41) is 16.4. The standard InChI is InChI=1S/C15H8F6O2.C3H4O2/c16-7-1-3-9(18)14(20)12(7)6(5-11(22)23)13-8(17)2-4-10(19)15(13)21;1-2-3(4)5/h1-4,6H,5H2,(H,22,23);2H,1H2,(H,4,5). The number of carboxylic acids is 2. The summed E-state index contributed by atoms with van der Waals surface area (Å²) in [7, 11) is 0. The molecule has 0 aromatic heterocycles. The summed E-state index contributed by atoms with van der Waals surface area (Å²) in [5.41, 5.74) is -2.37. The Balaban J connectivity index is 0.000000696.